The number of amides is 1. The van der Waals surface area contributed by atoms with Crippen molar-refractivity contribution in [1.82, 2.24) is 10.2 Å². The Morgan fingerprint density at radius 2 is 1.82 bits per heavy atom. The van der Waals surface area contributed by atoms with E-state index in [0.29, 0.717) is 17.7 Å². The van der Waals surface area contributed by atoms with E-state index in [-0.39, 0.29) is 23.7 Å². The van der Waals surface area contributed by atoms with Gasteiger partial charge < -0.3 is 15.0 Å². The van der Waals surface area contributed by atoms with Gasteiger partial charge in [-0.1, -0.05) is 24.6 Å². The summed E-state index contributed by atoms with van der Waals surface area (Å²) in [6.45, 7) is 7.86. The standard InChI is InChI=1S/C28H35N3O3/c1-28(2)19-22-10-11-23(34-3)17-24(22)25(30-28)18-26(32)20-8-7-9-21(16-20)27(33)29-12-15-31-13-5-4-6-14-31/h7-11,16-17H,4-6,12-15,18-19H2,1-3H3,(H,29,33). The van der Waals surface area contributed by atoms with Crippen LogP contribution in [0.2, 0.25) is 0 Å². The number of benzene rings is 2. The van der Waals surface area contributed by atoms with Crippen molar-refractivity contribution in [2.75, 3.05) is 33.3 Å². The van der Waals surface area contributed by atoms with Crippen molar-refractivity contribution in [1.29, 1.82) is 0 Å². The van der Waals surface area contributed by atoms with Crippen LogP contribution in [0.25, 0.3) is 0 Å². The molecule has 0 unspecified atom stereocenters. The Hall–Kier alpha value is -2.99. The summed E-state index contributed by atoms with van der Waals surface area (Å²) in [6.07, 6.45) is 4.77. The lowest BCUT2D eigenvalue weighted by Crippen LogP contribution is -2.37. The molecule has 2 heterocycles. The molecule has 2 aliphatic heterocycles. The third kappa shape index (κ3) is 5.92. The second kappa shape index (κ2) is 10.5. The smallest absolute Gasteiger partial charge is 0.251 e. The lowest BCUT2D eigenvalue weighted by molar-refractivity contribution is 0.0946. The summed E-state index contributed by atoms with van der Waals surface area (Å²) in [6, 6.07) is 13.0. The van der Waals surface area contributed by atoms with Crippen LogP contribution in [0.15, 0.2) is 47.5 Å². The summed E-state index contributed by atoms with van der Waals surface area (Å²) >= 11 is 0. The maximum atomic E-state index is 13.2. The summed E-state index contributed by atoms with van der Waals surface area (Å²) in [4.78, 5) is 33.2. The van der Waals surface area contributed by atoms with Crippen molar-refractivity contribution in [2.45, 2.75) is 51.5 Å². The number of carbonyl (C=O) groups is 2. The fourth-order valence-corrected chi connectivity index (χ4v) is 4.87. The number of rotatable bonds is 8. The first-order valence-electron chi connectivity index (χ1n) is 12.2. The van der Waals surface area contributed by atoms with Gasteiger partial charge in [-0.3, -0.25) is 14.6 Å². The normalized spacial score (nSPS) is 17.4. The number of Topliss-reactive ketones (excluding diaryl/α,β-unsaturated/α-hetero) is 1. The van der Waals surface area contributed by atoms with Crippen LogP contribution in [0.1, 0.15) is 71.4 Å². The highest BCUT2D eigenvalue weighted by atomic mass is 16.5. The molecule has 2 aromatic carbocycles. The number of hydrogen-bond acceptors (Lipinski definition) is 5. The number of piperidine rings is 1. The van der Waals surface area contributed by atoms with E-state index in [9.17, 15) is 9.59 Å². The molecule has 1 saturated heterocycles. The Morgan fingerprint density at radius 3 is 2.59 bits per heavy atom. The molecule has 6 heteroatoms. The fraction of sp³-hybridized carbons (Fsp3) is 0.464. The van der Waals surface area contributed by atoms with Gasteiger partial charge in [0.25, 0.3) is 5.91 Å². The minimum atomic E-state index is -0.271. The second-order valence-corrected chi connectivity index (χ2v) is 9.91. The average Bonchev–Trinajstić information content (AvgIpc) is 2.84. The Balaban J connectivity index is 1.44. The Labute approximate surface area is 202 Å². The van der Waals surface area contributed by atoms with E-state index in [1.807, 2.05) is 12.1 Å². The Kier molecular flexibility index (Phi) is 7.47. The molecule has 4 rings (SSSR count). The number of carbonyl (C=O) groups excluding carboxylic acids is 2. The number of hydrogen-bond donors (Lipinski definition) is 1. The van der Waals surface area contributed by atoms with Crippen LogP contribution in [0.5, 0.6) is 5.75 Å². The van der Waals surface area contributed by atoms with E-state index in [1.165, 1.54) is 24.8 Å². The van der Waals surface area contributed by atoms with Crippen LogP contribution >= 0.6 is 0 Å². The summed E-state index contributed by atoms with van der Waals surface area (Å²) in [5, 5.41) is 3.00. The van der Waals surface area contributed by atoms with E-state index in [1.54, 1.807) is 31.4 Å². The molecule has 1 amide bonds. The molecule has 34 heavy (non-hydrogen) atoms. The van der Waals surface area contributed by atoms with E-state index in [2.05, 4.69) is 30.1 Å². The molecule has 2 aliphatic rings. The van der Waals surface area contributed by atoms with Crippen LogP contribution in [0.4, 0.5) is 0 Å². The van der Waals surface area contributed by atoms with E-state index in [0.717, 1.165) is 43.1 Å². The van der Waals surface area contributed by atoms with Crippen LogP contribution in [0.3, 0.4) is 0 Å². The zero-order chi connectivity index (χ0) is 24.1. The summed E-state index contributed by atoms with van der Waals surface area (Å²) in [5.74, 6) is 0.563. The topological polar surface area (TPSA) is 71.0 Å². The van der Waals surface area contributed by atoms with Crippen LogP contribution < -0.4 is 10.1 Å². The van der Waals surface area contributed by atoms with Gasteiger partial charge in [-0.25, -0.2) is 0 Å². The minimum absolute atomic E-state index is 0.0480. The van der Waals surface area contributed by atoms with E-state index >= 15 is 0 Å². The van der Waals surface area contributed by atoms with E-state index in [4.69, 9.17) is 9.73 Å². The van der Waals surface area contributed by atoms with Gasteiger partial charge in [0.05, 0.1) is 24.8 Å². The molecule has 1 fully saturated rings. The monoisotopic (exact) mass is 461 g/mol. The number of ether oxygens (including phenoxy) is 1. The van der Waals surface area contributed by atoms with Crippen LogP contribution in [-0.4, -0.2) is 61.1 Å². The Bertz CT molecular complexity index is 1080. The number of nitrogens with zero attached hydrogens (tertiary/aromatic N) is 2. The zero-order valence-electron chi connectivity index (χ0n) is 20.5. The van der Waals surface area contributed by atoms with Gasteiger partial charge in [-0.2, -0.15) is 0 Å². The lowest BCUT2D eigenvalue weighted by atomic mass is 9.85. The zero-order valence-corrected chi connectivity index (χ0v) is 20.5. The van der Waals surface area contributed by atoms with Gasteiger partial charge in [0, 0.05) is 29.8 Å². The minimum Gasteiger partial charge on any atom is -0.497 e. The predicted octanol–water partition coefficient (Wildman–Crippen LogP) is 4.31. The number of fused-ring (bicyclic) bond motifs is 1. The van der Waals surface area contributed by atoms with Crippen molar-refractivity contribution >= 4 is 17.4 Å². The highest BCUT2D eigenvalue weighted by molar-refractivity contribution is 6.17. The maximum Gasteiger partial charge on any atom is 0.251 e. The molecule has 0 radical (unpaired) electrons. The molecule has 2 aromatic rings. The SMILES string of the molecule is COc1ccc2c(c1)C(CC(=O)c1cccc(C(=O)NCCN3CCCCC3)c1)=NC(C)(C)C2. The molecule has 6 nitrogen and oxygen atoms in total. The largest absolute Gasteiger partial charge is 0.497 e. The Morgan fingerprint density at radius 1 is 1.06 bits per heavy atom. The van der Waals surface area contributed by atoms with Gasteiger partial charge in [-0.05, 0) is 76.0 Å². The first-order chi connectivity index (χ1) is 16.3. The van der Waals surface area contributed by atoms with Crippen molar-refractivity contribution < 1.29 is 14.3 Å². The summed E-state index contributed by atoms with van der Waals surface area (Å²) < 4.78 is 5.40. The molecule has 0 aromatic heterocycles. The molecule has 1 N–H and O–H groups in total. The highest BCUT2D eigenvalue weighted by Crippen LogP contribution is 2.31. The van der Waals surface area contributed by atoms with Crippen molar-refractivity contribution in [3.8, 4) is 5.75 Å². The first kappa shape index (κ1) is 24.1. The third-order valence-electron chi connectivity index (χ3n) is 6.63. The fourth-order valence-electron chi connectivity index (χ4n) is 4.87. The highest BCUT2D eigenvalue weighted by Gasteiger charge is 2.28. The van der Waals surface area contributed by atoms with Crippen molar-refractivity contribution in [2.24, 2.45) is 4.99 Å². The summed E-state index contributed by atoms with van der Waals surface area (Å²) in [7, 11) is 1.64. The number of aliphatic imine (C=N–C) groups is 1. The van der Waals surface area contributed by atoms with Crippen LogP contribution in [-0.2, 0) is 6.42 Å². The van der Waals surface area contributed by atoms with E-state index < -0.39 is 0 Å². The number of nitrogens with one attached hydrogen (secondary N) is 1. The predicted molar refractivity (Wildman–Crippen MR) is 135 cm³/mol. The number of ketones is 1. The lowest BCUT2D eigenvalue weighted by Gasteiger charge is -2.29. The maximum absolute atomic E-state index is 13.2. The van der Waals surface area contributed by atoms with Gasteiger partial charge in [0.1, 0.15) is 5.75 Å². The van der Waals surface area contributed by atoms with Gasteiger partial charge in [0.2, 0.25) is 0 Å². The number of likely N-dealkylation sites (tertiary alicyclic amines) is 1. The molecule has 0 aliphatic carbocycles. The van der Waals surface area contributed by atoms with Gasteiger partial charge in [-0.15, -0.1) is 0 Å². The first-order valence-corrected chi connectivity index (χ1v) is 12.2. The van der Waals surface area contributed by atoms with Crippen LogP contribution in [0, 0.1) is 0 Å². The quantitative estimate of drug-likeness (QED) is 0.595. The van der Waals surface area contributed by atoms with Crippen molar-refractivity contribution in [3.05, 3.63) is 64.7 Å². The molecule has 180 valence electrons. The van der Waals surface area contributed by atoms with Gasteiger partial charge >= 0.3 is 0 Å². The molecule has 0 spiro atoms. The molecule has 0 saturated carbocycles. The average molecular weight is 462 g/mol. The summed E-state index contributed by atoms with van der Waals surface area (Å²) in [5.41, 5.74) is 3.68. The molecular formula is C28H35N3O3. The second-order valence-electron chi connectivity index (χ2n) is 9.91. The molecular weight excluding hydrogens is 426 g/mol. The number of methoxy groups -OCH3 is 1. The van der Waals surface area contributed by atoms with Gasteiger partial charge in [0.15, 0.2) is 5.78 Å². The third-order valence-corrected chi connectivity index (χ3v) is 6.63. The molecule has 0 bridgehead atoms. The molecule has 0 atom stereocenters. The van der Waals surface area contributed by atoms with Crippen molar-refractivity contribution in [3.63, 3.8) is 0 Å².